The lowest BCUT2D eigenvalue weighted by Gasteiger charge is -2.14. The molecule has 0 aromatic heterocycles. The third-order valence-corrected chi connectivity index (χ3v) is 3.23. The van der Waals surface area contributed by atoms with Crippen LogP contribution in [0.1, 0.15) is 5.56 Å². The molecule has 0 unspecified atom stereocenters. The number of imide groups is 2. The molecule has 2 rings (SSSR count). The van der Waals surface area contributed by atoms with E-state index in [1.807, 2.05) is 10.6 Å². The van der Waals surface area contributed by atoms with Gasteiger partial charge in [-0.1, -0.05) is 15.9 Å². The van der Waals surface area contributed by atoms with Crippen LogP contribution in [0.3, 0.4) is 0 Å². The second-order valence-electron chi connectivity index (χ2n) is 3.84. The number of rotatable bonds is 2. The van der Waals surface area contributed by atoms with E-state index in [4.69, 9.17) is 4.74 Å². The number of urea groups is 1. The maximum Gasteiger partial charge on any atom is 0.328 e. The predicted octanol–water partition coefficient (Wildman–Crippen LogP) is 0.913. The summed E-state index contributed by atoms with van der Waals surface area (Å²) in [5.74, 6) is -1.49. The van der Waals surface area contributed by atoms with E-state index < -0.39 is 17.8 Å². The Morgan fingerprint density at radius 1 is 1.20 bits per heavy atom. The molecule has 1 aliphatic heterocycles. The van der Waals surface area contributed by atoms with Gasteiger partial charge in [0.15, 0.2) is 11.5 Å². The number of halogens is 1. The Morgan fingerprint density at radius 2 is 1.80 bits per heavy atom. The van der Waals surface area contributed by atoms with Gasteiger partial charge in [-0.3, -0.25) is 20.2 Å². The summed E-state index contributed by atoms with van der Waals surface area (Å²) in [5, 5.41) is 13.5. The van der Waals surface area contributed by atoms with Gasteiger partial charge >= 0.3 is 6.03 Å². The van der Waals surface area contributed by atoms with Crippen LogP contribution in [0.15, 0.2) is 22.2 Å². The van der Waals surface area contributed by atoms with Crippen LogP contribution >= 0.6 is 15.9 Å². The van der Waals surface area contributed by atoms with Gasteiger partial charge < -0.3 is 9.84 Å². The van der Waals surface area contributed by atoms with Crippen LogP contribution in [0.2, 0.25) is 0 Å². The van der Waals surface area contributed by atoms with Crippen molar-refractivity contribution in [3.05, 3.63) is 27.7 Å². The Morgan fingerprint density at radius 3 is 2.35 bits per heavy atom. The predicted molar refractivity (Wildman–Crippen MR) is 72.0 cm³/mol. The van der Waals surface area contributed by atoms with Crippen molar-refractivity contribution in [3.63, 3.8) is 0 Å². The lowest BCUT2D eigenvalue weighted by atomic mass is 10.1. The molecule has 3 N–H and O–H groups in total. The summed E-state index contributed by atoms with van der Waals surface area (Å²) in [6.45, 7) is 0. The third kappa shape index (κ3) is 2.64. The Labute approximate surface area is 121 Å². The van der Waals surface area contributed by atoms with Crippen LogP contribution in [0.25, 0.3) is 6.08 Å². The molecule has 0 atom stereocenters. The number of ether oxygens (including phenoxy) is 1. The monoisotopic (exact) mass is 340 g/mol. The molecule has 1 aliphatic rings. The van der Waals surface area contributed by atoms with Crippen molar-refractivity contribution in [3.8, 4) is 11.5 Å². The van der Waals surface area contributed by atoms with Crippen LogP contribution in [-0.2, 0) is 9.59 Å². The standard InChI is InChI=1S/C12H9BrN2O5/c1-20-9-3-5(7(13)4-8(9)16)2-6-10(17)14-12(19)15-11(6)18/h2-4,16H,1H3,(H2,14,15,17,18,19). The van der Waals surface area contributed by atoms with Crippen molar-refractivity contribution in [2.45, 2.75) is 0 Å². The fourth-order valence-corrected chi connectivity index (χ4v) is 2.04. The highest BCUT2D eigenvalue weighted by atomic mass is 79.9. The highest BCUT2D eigenvalue weighted by Crippen LogP contribution is 2.33. The van der Waals surface area contributed by atoms with Gasteiger partial charge in [-0.15, -0.1) is 0 Å². The summed E-state index contributed by atoms with van der Waals surface area (Å²) in [6, 6.07) is 1.96. The number of amides is 4. The first kappa shape index (κ1) is 14.1. The maximum atomic E-state index is 11.6. The largest absolute Gasteiger partial charge is 0.504 e. The fraction of sp³-hybridized carbons (Fsp3) is 0.0833. The van der Waals surface area contributed by atoms with E-state index in [2.05, 4.69) is 15.9 Å². The van der Waals surface area contributed by atoms with Gasteiger partial charge in [0.25, 0.3) is 11.8 Å². The Balaban J connectivity index is 2.47. The molecule has 8 heteroatoms. The summed E-state index contributed by atoms with van der Waals surface area (Å²) in [7, 11) is 1.37. The SMILES string of the molecule is COc1cc(C=C2C(=O)NC(=O)NC2=O)c(Br)cc1O. The van der Waals surface area contributed by atoms with Crippen molar-refractivity contribution in [2.75, 3.05) is 7.11 Å². The minimum atomic E-state index is -0.862. The highest BCUT2D eigenvalue weighted by molar-refractivity contribution is 9.10. The van der Waals surface area contributed by atoms with Gasteiger partial charge in [-0.05, 0) is 23.8 Å². The number of benzene rings is 1. The normalized spacial score (nSPS) is 14.7. The van der Waals surface area contributed by atoms with E-state index in [0.29, 0.717) is 10.0 Å². The maximum absolute atomic E-state index is 11.6. The number of hydrogen-bond donors (Lipinski definition) is 3. The minimum Gasteiger partial charge on any atom is -0.504 e. The van der Waals surface area contributed by atoms with Crippen LogP contribution in [-0.4, -0.2) is 30.1 Å². The molecule has 104 valence electrons. The molecule has 1 saturated heterocycles. The first-order chi connectivity index (χ1) is 9.42. The van der Waals surface area contributed by atoms with Crippen molar-refractivity contribution in [1.29, 1.82) is 0 Å². The molecule has 4 amide bonds. The quantitative estimate of drug-likeness (QED) is 0.548. The molecule has 20 heavy (non-hydrogen) atoms. The number of aromatic hydroxyl groups is 1. The van der Waals surface area contributed by atoms with Crippen LogP contribution in [0, 0.1) is 0 Å². The number of barbiturate groups is 1. The zero-order valence-corrected chi connectivity index (χ0v) is 11.8. The number of methoxy groups -OCH3 is 1. The number of carbonyl (C=O) groups is 3. The topological polar surface area (TPSA) is 105 Å². The molecule has 1 aromatic rings. The Bertz CT molecular complexity index is 631. The van der Waals surface area contributed by atoms with Gasteiger partial charge in [-0.25, -0.2) is 4.79 Å². The van der Waals surface area contributed by atoms with E-state index in [-0.39, 0.29) is 17.1 Å². The van der Waals surface area contributed by atoms with Crippen LogP contribution < -0.4 is 15.4 Å². The van der Waals surface area contributed by atoms with Gasteiger partial charge in [0.1, 0.15) is 5.57 Å². The third-order valence-electron chi connectivity index (χ3n) is 2.54. The number of nitrogens with one attached hydrogen (secondary N) is 2. The van der Waals surface area contributed by atoms with E-state index in [9.17, 15) is 19.5 Å². The van der Waals surface area contributed by atoms with Gasteiger partial charge in [-0.2, -0.15) is 0 Å². The molecule has 1 heterocycles. The molecule has 0 aliphatic carbocycles. The Kier molecular flexibility index (Phi) is 3.75. The number of hydrogen-bond acceptors (Lipinski definition) is 5. The van der Waals surface area contributed by atoms with E-state index in [1.54, 1.807) is 0 Å². The zero-order valence-electron chi connectivity index (χ0n) is 10.2. The van der Waals surface area contributed by atoms with Crippen molar-refractivity contribution in [1.82, 2.24) is 10.6 Å². The molecule has 0 spiro atoms. The summed E-state index contributed by atoms with van der Waals surface area (Å²) in [6.07, 6.45) is 1.28. The number of phenols is 1. The number of phenolic OH excluding ortho intramolecular Hbond substituents is 1. The van der Waals surface area contributed by atoms with Crippen LogP contribution in [0.4, 0.5) is 4.79 Å². The van der Waals surface area contributed by atoms with Gasteiger partial charge in [0.05, 0.1) is 7.11 Å². The second kappa shape index (κ2) is 5.33. The van der Waals surface area contributed by atoms with Crippen molar-refractivity contribution < 1.29 is 24.2 Å². The first-order valence-electron chi connectivity index (χ1n) is 5.37. The zero-order chi connectivity index (χ0) is 14.9. The Hall–Kier alpha value is -2.35. The fourth-order valence-electron chi connectivity index (χ4n) is 1.59. The summed E-state index contributed by atoms with van der Waals surface area (Å²) in [4.78, 5) is 34.1. The molecule has 1 fully saturated rings. The van der Waals surface area contributed by atoms with E-state index in [1.165, 1.54) is 25.3 Å². The molecule has 0 bridgehead atoms. The molecule has 1 aromatic carbocycles. The smallest absolute Gasteiger partial charge is 0.328 e. The molecule has 0 radical (unpaired) electrons. The summed E-state index contributed by atoms with van der Waals surface area (Å²) >= 11 is 3.20. The average Bonchev–Trinajstić information content (AvgIpc) is 2.35. The van der Waals surface area contributed by atoms with E-state index in [0.717, 1.165) is 0 Å². The molecular weight excluding hydrogens is 332 g/mol. The van der Waals surface area contributed by atoms with Gasteiger partial charge in [0, 0.05) is 4.47 Å². The minimum absolute atomic E-state index is 0.0887. The van der Waals surface area contributed by atoms with Gasteiger partial charge in [0.2, 0.25) is 0 Å². The second-order valence-corrected chi connectivity index (χ2v) is 4.70. The van der Waals surface area contributed by atoms with Crippen molar-refractivity contribution >= 4 is 39.9 Å². The molecule has 7 nitrogen and oxygen atoms in total. The van der Waals surface area contributed by atoms with E-state index >= 15 is 0 Å². The highest BCUT2D eigenvalue weighted by Gasteiger charge is 2.28. The average molecular weight is 341 g/mol. The lowest BCUT2D eigenvalue weighted by Crippen LogP contribution is -2.51. The molecule has 0 saturated carbocycles. The van der Waals surface area contributed by atoms with Crippen molar-refractivity contribution in [2.24, 2.45) is 0 Å². The summed E-state index contributed by atoms with van der Waals surface area (Å²) in [5.41, 5.74) is 0.215. The first-order valence-corrected chi connectivity index (χ1v) is 6.16. The number of carbonyl (C=O) groups excluding carboxylic acids is 3. The molecular formula is C12H9BrN2O5. The summed E-state index contributed by atoms with van der Waals surface area (Å²) < 4.78 is 5.40. The van der Waals surface area contributed by atoms with Crippen LogP contribution in [0.5, 0.6) is 11.5 Å². The lowest BCUT2D eigenvalue weighted by molar-refractivity contribution is -0.123.